The number of benzene rings is 1. The van der Waals surface area contributed by atoms with Crippen molar-refractivity contribution in [3.8, 4) is 0 Å². The maximum atomic E-state index is 11.6. The molecule has 0 unspecified atom stereocenters. The Hall–Kier alpha value is -1.88. The summed E-state index contributed by atoms with van der Waals surface area (Å²) >= 11 is 0. The van der Waals surface area contributed by atoms with Gasteiger partial charge in [-0.05, 0) is 25.2 Å². The van der Waals surface area contributed by atoms with Crippen LogP contribution in [0.5, 0.6) is 0 Å². The maximum Gasteiger partial charge on any atom is 0.225 e. The van der Waals surface area contributed by atoms with Gasteiger partial charge in [-0.15, -0.1) is 0 Å². The van der Waals surface area contributed by atoms with E-state index in [9.17, 15) is 4.79 Å². The molecule has 0 aliphatic heterocycles. The molecule has 0 saturated heterocycles. The van der Waals surface area contributed by atoms with Gasteiger partial charge in [-0.25, -0.2) is 4.98 Å². The van der Waals surface area contributed by atoms with Gasteiger partial charge in [0.1, 0.15) is 5.52 Å². The van der Waals surface area contributed by atoms with E-state index in [-0.39, 0.29) is 5.91 Å². The molecule has 0 fully saturated rings. The summed E-state index contributed by atoms with van der Waals surface area (Å²) in [6.07, 6.45) is 1.21. The normalized spacial score (nSPS) is 10.8. The molecule has 0 atom stereocenters. The minimum absolute atomic E-state index is 0.0112. The number of carbonyl (C=O) groups is 1. The summed E-state index contributed by atoms with van der Waals surface area (Å²) < 4.78 is 5.51. The van der Waals surface area contributed by atoms with Crippen LogP contribution in [-0.2, 0) is 11.2 Å². The van der Waals surface area contributed by atoms with E-state index in [1.165, 1.54) is 0 Å². The zero-order valence-electron chi connectivity index (χ0n) is 10.6. The summed E-state index contributed by atoms with van der Waals surface area (Å²) in [7, 11) is 1.82. The van der Waals surface area contributed by atoms with Crippen molar-refractivity contribution < 1.29 is 9.21 Å². The fourth-order valence-corrected chi connectivity index (χ4v) is 1.67. The van der Waals surface area contributed by atoms with E-state index in [4.69, 9.17) is 4.42 Å². The molecule has 0 saturated carbocycles. The molecule has 2 N–H and O–H groups in total. The molecule has 2 rings (SSSR count). The number of hydrogen-bond acceptors (Lipinski definition) is 4. The summed E-state index contributed by atoms with van der Waals surface area (Å²) in [5.74, 6) is 0.701. The number of fused-ring (bicyclic) bond motifs is 1. The van der Waals surface area contributed by atoms with E-state index >= 15 is 0 Å². The van der Waals surface area contributed by atoms with Crippen molar-refractivity contribution in [1.29, 1.82) is 0 Å². The van der Waals surface area contributed by atoms with Gasteiger partial charge in [0, 0.05) is 25.1 Å². The second-order valence-electron chi connectivity index (χ2n) is 4.05. The van der Waals surface area contributed by atoms with Crippen LogP contribution in [-0.4, -0.2) is 24.5 Å². The molecule has 2 aromatic rings. The molecule has 0 spiro atoms. The topological polar surface area (TPSA) is 67.2 Å². The average Bonchev–Trinajstić information content (AvgIpc) is 2.78. The summed E-state index contributed by atoms with van der Waals surface area (Å²) in [6, 6.07) is 5.48. The standard InChI is InChI=1S/C13H17N3O2/c1-3-13-16-10-8-9(4-5-11(10)18-13)15-12(17)6-7-14-2/h4-5,8,14H,3,6-7H2,1-2H3,(H,15,17). The van der Waals surface area contributed by atoms with Gasteiger partial charge in [0.2, 0.25) is 5.91 Å². The van der Waals surface area contributed by atoms with Crippen molar-refractivity contribution >= 4 is 22.7 Å². The van der Waals surface area contributed by atoms with Crippen molar-refractivity contribution in [2.75, 3.05) is 18.9 Å². The number of rotatable bonds is 5. The first-order valence-corrected chi connectivity index (χ1v) is 6.07. The third-order valence-electron chi connectivity index (χ3n) is 2.62. The Bertz CT molecular complexity index is 548. The van der Waals surface area contributed by atoms with Crippen LogP contribution >= 0.6 is 0 Å². The maximum absolute atomic E-state index is 11.6. The second kappa shape index (κ2) is 5.64. The largest absolute Gasteiger partial charge is 0.441 e. The summed E-state index contributed by atoms with van der Waals surface area (Å²) in [4.78, 5) is 15.9. The molecule has 0 bridgehead atoms. The SMILES string of the molecule is CCc1nc2cc(NC(=O)CCNC)ccc2o1. The smallest absolute Gasteiger partial charge is 0.225 e. The van der Waals surface area contributed by atoms with Gasteiger partial charge in [0.25, 0.3) is 0 Å². The number of aromatic nitrogens is 1. The van der Waals surface area contributed by atoms with Crippen LogP contribution < -0.4 is 10.6 Å². The summed E-state index contributed by atoms with van der Waals surface area (Å²) in [5.41, 5.74) is 2.28. The van der Waals surface area contributed by atoms with Crippen molar-refractivity contribution in [3.63, 3.8) is 0 Å². The van der Waals surface area contributed by atoms with Gasteiger partial charge in [0.05, 0.1) is 0 Å². The van der Waals surface area contributed by atoms with Gasteiger partial charge in [-0.3, -0.25) is 4.79 Å². The van der Waals surface area contributed by atoms with Gasteiger partial charge in [-0.2, -0.15) is 0 Å². The first-order chi connectivity index (χ1) is 8.72. The molecule has 18 heavy (non-hydrogen) atoms. The number of amides is 1. The Balaban J connectivity index is 2.11. The van der Waals surface area contributed by atoms with E-state index in [0.717, 1.165) is 23.2 Å². The molecule has 96 valence electrons. The molecule has 0 aliphatic rings. The Kier molecular flexibility index (Phi) is 3.94. The first-order valence-electron chi connectivity index (χ1n) is 6.07. The lowest BCUT2D eigenvalue weighted by Gasteiger charge is -2.04. The first kappa shape index (κ1) is 12.6. The van der Waals surface area contributed by atoms with Crippen LogP contribution in [0.25, 0.3) is 11.1 Å². The third-order valence-corrected chi connectivity index (χ3v) is 2.62. The predicted octanol–water partition coefficient (Wildman–Crippen LogP) is 1.94. The fraction of sp³-hybridized carbons (Fsp3) is 0.385. The van der Waals surface area contributed by atoms with Crippen LogP contribution in [0.15, 0.2) is 22.6 Å². The van der Waals surface area contributed by atoms with Crippen LogP contribution in [0.4, 0.5) is 5.69 Å². The fourth-order valence-electron chi connectivity index (χ4n) is 1.67. The highest BCUT2D eigenvalue weighted by Gasteiger charge is 2.06. The Morgan fingerprint density at radius 2 is 2.28 bits per heavy atom. The molecule has 1 aromatic carbocycles. The quantitative estimate of drug-likeness (QED) is 0.847. The molecule has 5 nitrogen and oxygen atoms in total. The lowest BCUT2D eigenvalue weighted by Crippen LogP contribution is -2.18. The average molecular weight is 247 g/mol. The van der Waals surface area contributed by atoms with Crippen LogP contribution in [0.2, 0.25) is 0 Å². The van der Waals surface area contributed by atoms with Crippen molar-refractivity contribution in [3.05, 3.63) is 24.1 Å². The van der Waals surface area contributed by atoms with Gasteiger partial charge in [-0.1, -0.05) is 6.92 Å². The zero-order chi connectivity index (χ0) is 13.0. The number of oxazole rings is 1. The summed E-state index contributed by atoms with van der Waals surface area (Å²) in [5, 5.41) is 5.77. The number of aryl methyl sites for hydroxylation is 1. The van der Waals surface area contributed by atoms with Crippen LogP contribution in [0, 0.1) is 0 Å². The van der Waals surface area contributed by atoms with Crippen molar-refractivity contribution in [2.24, 2.45) is 0 Å². The molecule has 0 radical (unpaired) electrons. The minimum atomic E-state index is -0.0112. The number of anilines is 1. The molecule has 1 aromatic heterocycles. The second-order valence-corrected chi connectivity index (χ2v) is 4.05. The Morgan fingerprint density at radius 3 is 3.00 bits per heavy atom. The van der Waals surface area contributed by atoms with Gasteiger partial charge < -0.3 is 15.1 Å². The lowest BCUT2D eigenvalue weighted by molar-refractivity contribution is -0.116. The molecule has 5 heteroatoms. The predicted molar refractivity (Wildman–Crippen MR) is 70.6 cm³/mol. The van der Waals surface area contributed by atoms with E-state index in [1.807, 2.05) is 32.2 Å². The third kappa shape index (κ3) is 2.87. The molecule has 1 heterocycles. The number of nitrogens with one attached hydrogen (secondary N) is 2. The number of carbonyl (C=O) groups excluding carboxylic acids is 1. The molecule has 1 amide bonds. The number of nitrogens with zero attached hydrogens (tertiary/aromatic N) is 1. The lowest BCUT2D eigenvalue weighted by atomic mass is 10.2. The van der Waals surface area contributed by atoms with Gasteiger partial charge in [0.15, 0.2) is 11.5 Å². The highest BCUT2D eigenvalue weighted by Crippen LogP contribution is 2.20. The monoisotopic (exact) mass is 247 g/mol. The highest BCUT2D eigenvalue weighted by molar-refractivity contribution is 5.92. The van der Waals surface area contributed by atoms with Crippen molar-refractivity contribution in [2.45, 2.75) is 19.8 Å². The molecule has 0 aliphatic carbocycles. The van der Waals surface area contributed by atoms with Gasteiger partial charge >= 0.3 is 0 Å². The molecular weight excluding hydrogens is 230 g/mol. The zero-order valence-corrected chi connectivity index (χ0v) is 10.6. The van der Waals surface area contributed by atoms with E-state index in [0.29, 0.717) is 18.9 Å². The highest BCUT2D eigenvalue weighted by atomic mass is 16.3. The minimum Gasteiger partial charge on any atom is -0.441 e. The van der Waals surface area contributed by atoms with E-state index < -0.39 is 0 Å². The van der Waals surface area contributed by atoms with Crippen molar-refractivity contribution in [1.82, 2.24) is 10.3 Å². The molecular formula is C13H17N3O2. The van der Waals surface area contributed by atoms with E-state index in [1.54, 1.807) is 0 Å². The van der Waals surface area contributed by atoms with Crippen LogP contribution in [0.3, 0.4) is 0 Å². The van der Waals surface area contributed by atoms with E-state index in [2.05, 4.69) is 15.6 Å². The summed E-state index contributed by atoms with van der Waals surface area (Å²) in [6.45, 7) is 2.66. The Morgan fingerprint density at radius 1 is 1.44 bits per heavy atom. The van der Waals surface area contributed by atoms with Crippen LogP contribution in [0.1, 0.15) is 19.2 Å². The number of hydrogen-bond donors (Lipinski definition) is 2. The Labute approximate surface area is 106 Å².